The Morgan fingerprint density at radius 1 is 1.12 bits per heavy atom. The average Bonchev–Trinajstić information content (AvgIpc) is 3.41. The Labute approximate surface area is 244 Å². The molecule has 3 N–H and O–H groups in total. The molecule has 214 valence electrons. The number of carbonyl (C=O) groups excluding carboxylic acids is 1. The standard InChI is InChI=1S/C33H37N3O4S/c1-2-22-13-14-29-24(17-22)27(19-33(40-29)15-8-16-33)34-20-28(37)26(18-23-9-4-3-5-10-23)35-31(38)21-39-32-36-25-11-6-7-12-30(25)41-32/h3-7,9-14,17,26-28,34,37H,2,8,15-16,18-21H2,1H3,(H,35,38)/t26-,27-,28-/m0/s1. The van der Waals surface area contributed by atoms with Crippen molar-refractivity contribution in [3.8, 4) is 10.9 Å². The van der Waals surface area contributed by atoms with Crippen LogP contribution in [-0.4, -0.2) is 46.9 Å². The van der Waals surface area contributed by atoms with Crippen molar-refractivity contribution in [1.29, 1.82) is 0 Å². The first-order valence-corrected chi connectivity index (χ1v) is 15.4. The summed E-state index contributed by atoms with van der Waals surface area (Å²) in [7, 11) is 0. The number of rotatable bonds is 11. The van der Waals surface area contributed by atoms with Crippen LogP contribution in [0.1, 0.15) is 55.3 Å². The van der Waals surface area contributed by atoms with E-state index in [1.807, 2.05) is 54.6 Å². The number of para-hydroxylation sites is 1. The molecule has 1 fully saturated rings. The van der Waals surface area contributed by atoms with Crippen LogP contribution in [0.3, 0.4) is 0 Å². The third-order valence-corrected chi connectivity index (χ3v) is 9.26. The molecule has 1 aromatic heterocycles. The van der Waals surface area contributed by atoms with Crippen LogP contribution in [0, 0.1) is 0 Å². The second-order valence-electron chi connectivity index (χ2n) is 11.2. The largest absolute Gasteiger partial charge is 0.487 e. The lowest BCUT2D eigenvalue weighted by Crippen LogP contribution is -2.52. The molecular weight excluding hydrogens is 534 g/mol. The third-order valence-electron chi connectivity index (χ3n) is 8.31. The zero-order chi connectivity index (χ0) is 28.2. The Hall–Kier alpha value is -3.46. The Bertz CT molecular complexity index is 1450. The zero-order valence-corrected chi connectivity index (χ0v) is 24.2. The number of aryl methyl sites for hydroxylation is 1. The van der Waals surface area contributed by atoms with E-state index in [1.165, 1.54) is 23.3 Å². The van der Waals surface area contributed by atoms with Crippen molar-refractivity contribution in [3.05, 3.63) is 89.5 Å². The molecule has 4 aromatic rings. The average molecular weight is 572 g/mol. The number of benzene rings is 3. The first-order valence-electron chi connectivity index (χ1n) is 14.6. The minimum absolute atomic E-state index is 0.0793. The summed E-state index contributed by atoms with van der Waals surface area (Å²) in [4.78, 5) is 17.4. The summed E-state index contributed by atoms with van der Waals surface area (Å²) in [6.45, 7) is 2.33. The van der Waals surface area contributed by atoms with Crippen molar-refractivity contribution in [3.63, 3.8) is 0 Å². The summed E-state index contributed by atoms with van der Waals surface area (Å²) >= 11 is 1.41. The summed E-state index contributed by atoms with van der Waals surface area (Å²) < 4.78 is 13.2. The maximum absolute atomic E-state index is 13.0. The number of nitrogens with one attached hydrogen (secondary N) is 2. The predicted molar refractivity (Wildman–Crippen MR) is 162 cm³/mol. The van der Waals surface area contributed by atoms with Gasteiger partial charge in [0.15, 0.2) is 6.61 Å². The predicted octanol–water partition coefficient (Wildman–Crippen LogP) is 5.36. The van der Waals surface area contributed by atoms with E-state index in [9.17, 15) is 9.90 Å². The van der Waals surface area contributed by atoms with Gasteiger partial charge in [0.1, 0.15) is 11.4 Å². The van der Waals surface area contributed by atoms with E-state index < -0.39 is 12.1 Å². The van der Waals surface area contributed by atoms with Crippen molar-refractivity contribution in [2.24, 2.45) is 0 Å². The van der Waals surface area contributed by atoms with Gasteiger partial charge in [0.05, 0.1) is 22.4 Å². The monoisotopic (exact) mass is 571 g/mol. The van der Waals surface area contributed by atoms with Gasteiger partial charge in [-0.2, -0.15) is 0 Å². The lowest BCUT2D eigenvalue weighted by atomic mass is 9.72. The highest BCUT2D eigenvalue weighted by Gasteiger charge is 2.45. The van der Waals surface area contributed by atoms with Crippen molar-refractivity contribution >= 4 is 27.5 Å². The van der Waals surface area contributed by atoms with Crippen LogP contribution >= 0.6 is 11.3 Å². The van der Waals surface area contributed by atoms with Gasteiger partial charge in [-0.05, 0) is 61.4 Å². The molecule has 41 heavy (non-hydrogen) atoms. The number of amides is 1. The first-order chi connectivity index (χ1) is 20.0. The Morgan fingerprint density at radius 2 is 1.93 bits per heavy atom. The Morgan fingerprint density at radius 3 is 2.68 bits per heavy atom. The molecule has 0 saturated heterocycles. The topological polar surface area (TPSA) is 92.7 Å². The maximum atomic E-state index is 13.0. The smallest absolute Gasteiger partial charge is 0.274 e. The van der Waals surface area contributed by atoms with Gasteiger partial charge < -0.3 is 25.2 Å². The second-order valence-corrected chi connectivity index (χ2v) is 12.2. The lowest BCUT2D eigenvalue weighted by Gasteiger charge is -2.48. The zero-order valence-electron chi connectivity index (χ0n) is 23.3. The number of aliphatic hydroxyl groups excluding tert-OH is 1. The molecule has 6 rings (SSSR count). The molecule has 1 aliphatic heterocycles. The van der Waals surface area contributed by atoms with Crippen molar-refractivity contribution in [2.45, 2.75) is 69.2 Å². The number of fused-ring (bicyclic) bond motifs is 2. The van der Waals surface area contributed by atoms with Crippen LogP contribution in [0.5, 0.6) is 10.9 Å². The fraction of sp³-hybridized carbons (Fsp3) is 0.394. The molecule has 1 amide bonds. The van der Waals surface area contributed by atoms with Gasteiger partial charge in [-0.3, -0.25) is 4.79 Å². The van der Waals surface area contributed by atoms with Crippen molar-refractivity contribution < 1.29 is 19.4 Å². The highest BCUT2D eigenvalue weighted by Crippen LogP contribution is 2.49. The molecule has 7 nitrogen and oxygen atoms in total. The number of hydrogen-bond donors (Lipinski definition) is 3. The summed E-state index contributed by atoms with van der Waals surface area (Å²) in [6, 6.07) is 23.8. The lowest BCUT2D eigenvalue weighted by molar-refractivity contribution is -0.124. The maximum Gasteiger partial charge on any atom is 0.274 e. The van der Waals surface area contributed by atoms with Crippen molar-refractivity contribution in [2.75, 3.05) is 13.2 Å². The molecule has 0 radical (unpaired) electrons. The molecule has 0 bridgehead atoms. The molecule has 1 aliphatic carbocycles. The van der Waals surface area contributed by atoms with Gasteiger partial charge in [-0.1, -0.05) is 72.9 Å². The van der Waals surface area contributed by atoms with Gasteiger partial charge in [0, 0.05) is 24.6 Å². The summed E-state index contributed by atoms with van der Waals surface area (Å²) in [5.41, 5.74) is 4.20. The van der Waals surface area contributed by atoms with E-state index in [-0.39, 0.29) is 24.2 Å². The first kappa shape index (κ1) is 27.7. The van der Waals surface area contributed by atoms with Crippen LogP contribution in [0.2, 0.25) is 0 Å². The fourth-order valence-corrected chi connectivity index (χ4v) is 6.66. The van der Waals surface area contributed by atoms with Crippen LogP contribution < -0.4 is 20.1 Å². The Balaban J connectivity index is 1.13. The van der Waals surface area contributed by atoms with Gasteiger partial charge in [0.2, 0.25) is 0 Å². The molecule has 8 heteroatoms. The van der Waals surface area contributed by atoms with E-state index >= 15 is 0 Å². The number of hydrogen-bond acceptors (Lipinski definition) is 7. The number of aromatic nitrogens is 1. The summed E-state index contributed by atoms with van der Waals surface area (Å²) in [5.74, 6) is 0.655. The molecule has 3 aromatic carbocycles. The SMILES string of the molecule is CCc1ccc2c(c1)[C@@H](NC[C@H](O)[C@H](Cc1ccccc1)NC(=O)COc1nc3ccccc3s1)CC1(CCC1)O2. The van der Waals surface area contributed by atoms with Crippen LogP contribution in [0.4, 0.5) is 0 Å². The van der Waals surface area contributed by atoms with Gasteiger partial charge >= 0.3 is 0 Å². The van der Waals surface area contributed by atoms with E-state index in [0.29, 0.717) is 18.2 Å². The highest BCUT2D eigenvalue weighted by molar-refractivity contribution is 7.20. The van der Waals surface area contributed by atoms with Crippen LogP contribution in [0.15, 0.2) is 72.8 Å². The van der Waals surface area contributed by atoms with Crippen LogP contribution in [0.25, 0.3) is 10.2 Å². The van der Waals surface area contributed by atoms with E-state index in [1.54, 1.807) is 0 Å². The van der Waals surface area contributed by atoms with Crippen LogP contribution in [-0.2, 0) is 17.6 Å². The normalized spacial score (nSPS) is 18.6. The van der Waals surface area contributed by atoms with E-state index in [2.05, 4.69) is 40.7 Å². The summed E-state index contributed by atoms with van der Waals surface area (Å²) in [5, 5.41) is 18.6. The number of ether oxygens (including phenoxy) is 2. The molecule has 0 unspecified atom stereocenters. The van der Waals surface area contributed by atoms with E-state index in [4.69, 9.17) is 9.47 Å². The number of carbonyl (C=O) groups is 1. The molecule has 3 atom stereocenters. The van der Waals surface area contributed by atoms with Gasteiger partial charge in [-0.25, -0.2) is 4.98 Å². The second kappa shape index (κ2) is 12.2. The number of thiazole rings is 1. The van der Waals surface area contributed by atoms with E-state index in [0.717, 1.165) is 52.8 Å². The van der Waals surface area contributed by atoms with Gasteiger partial charge in [0.25, 0.3) is 11.1 Å². The highest BCUT2D eigenvalue weighted by atomic mass is 32.1. The minimum Gasteiger partial charge on any atom is -0.487 e. The summed E-state index contributed by atoms with van der Waals surface area (Å²) in [6.07, 6.45) is 4.84. The Kier molecular flexibility index (Phi) is 8.23. The molecule has 1 spiro atoms. The van der Waals surface area contributed by atoms with Crippen molar-refractivity contribution in [1.82, 2.24) is 15.6 Å². The third kappa shape index (κ3) is 6.40. The number of aliphatic hydroxyl groups is 1. The fourth-order valence-electron chi connectivity index (χ4n) is 5.84. The molecule has 2 aliphatic rings. The minimum atomic E-state index is -0.806. The molecular formula is C33H37N3O4S. The quantitative estimate of drug-likeness (QED) is 0.224. The molecule has 2 heterocycles. The number of nitrogens with zero attached hydrogens (tertiary/aromatic N) is 1. The molecule has 1 saturated carbocycles. The van der Waals surface area contributed by atoms with Gasteiger partial charge in [-0.15, -0.1) is 0 Å².